The average Bonchev–Trinajstić information content (AvgIpc) is 3.72. The van der Waals surface area contributed by atoms with Crippen molar-refractivity contribution in [2.45, 2.75) is 91.1 Å². The molecule has 3 aliphatic heterocycles. The van der Waals surface area contributed by atoms with Crippen LogP contribution in [0.25, 0.3) is 0 Å². The number of anilines is 1. The average molecular weight is 668 g/mol. The van der Waals surface area contributed by atoms with Gasteiger partial charge in [0.05, 0.1) is 19.6 Å². The predicted octanol–water partition coefficient (Wildman–Crippen LogP) is 5.99. The Balaban J connectivity index is 1.51. The van der Waals surface area contributed by atoms with Gasteiger partial charge in [0.1, 0.15) is 5.82 Å². The third-order valence-electron chi connectivity index (χ3n) is 10.1. The molecule has 0 radical (unpaired) electrons. The number of aryl methyl sites for hydroxylation is 1. The Labute approximate surface area is 283 Å². The lowest BCUT2D eigenvalue weighted by atomic mass is 9.84. The van der Waals surface area contributed by atoms with Crippen LogP contribution in [0.3, 0.4) is 0 Å². The first-order chi connectivity index (χ1) is 22.9. The van der Waals surface area contributed by atoms with Crippen LogP contribution in [-0.2, 0) is 14.4 Å². The van der Waals surface area contributed by atoms with Crippen molar-refractivity contribution in [1.82, 2.24) is 9.80 Å². The second-order valence-electron chi connectivity index (χ2n) is 14.3. The number of fused-ring (bicyclic) bond motifs is 1. The van der Waals surface area contributed by atoms with E-state index in [1.807, 2.05) is 15.9 Å². The van der Waals surface area contributed by atoms with Gasteiger partial charge in [0.25, 0.3) is 0 Å². The van der Waals surface area contributed by atoms with Gasteiger partial charge in [-0.3, -0.25) is 19.3 Å². The minimum atomic E-state index is -0.967. The highest BCUT2D eigenvalue weighted by Gasteiger charge is 2.48. The van der Waals surface area contributed by atoms with Crippen LogP contribution in [0.2, 0.25) is 0 Å². The number of carbonyl (C=O) groups excluding carboxylic acids is 2. The van der Waals surface area contributed by atoms with Gasteiger partial charge < -0.3 is 29.1 Å². The second-order valence-corrected chi connectivity index (χ2v) is 14.3. The van der Waals surface area contributed by atoms with Gasteiger partial charge in [0.2, 0.25) is 24.4 Å². The van der Waals surface area contributed by atoms with E-state index in [1.54, 1.807) is 30.0 Å². The van der Waals surface area contributed by atoms with Crippen molar-refractivity contribution in [3.63, 3.8) is 0 Å². The summed E-state index contributed by atoms with van der Waals surface area (Å²) in [4.78, 5) is 46.2. The molecule has 3 heterocycles. The molecule has 262 valence electrons. The zero-order valence-corrected chi connectivity index (χ0v) is 29.1. The first kappa shape index (κ1) is 35.4. The highest BCUT2D eigenvalue weighted by molar-refractivity contribution is 5.95. The van der Waals surface area contributed by atoms with Gasteiger partial charge in [0.15, 0.2) is 11.5 Å². The first-order valence-electron chi connectivity index (χ1n) is 17.2. The van der Waals surface area contributed by atoms with Crippen molar-refractivity contribution >= 4 is 23.5 Å². The van der Waals surface area contributed by atoms with Crippen molar-refractivity contribution in [1.29, 1.82) is 0 Å². The minimum absolute atomic E-state index is 0.0214. The zero-order chi connectivity index (χ0) is 34.7. The first-order valence-corrected chi connectivity index (χ1v) is 17.2. The summed E-state index contributed by atoms with van der Waals surface area (Å²) >= 11 is 0. The monoisotopic (exact) mass is 667 g/mol. The summed E-state index contributed by atoms with van der Waals surface area (Å²) in [5.41, 5.74) is 1.67. The van der Waals surface area contributed by atoms with E-state index in [9.17, 15) is 23.9 Å². The topological polar surface area (TPSA) is 109 Å². The Morgan fingerprint density at radius 3 is 2.48 bits per heavy atom. The van der Waals surface area contributed by atoms with Crippen molar-refractivity contribution in [3.8, 4) is 17.2 Å². The standard InChI is InChI=1S/C37H50FN3O7/c1-7-9-25(10-8-2)41(26-11-12-28(38)23(3)15-26)33(43)20-40-19-27(24-16-30(46-6)35-31(17-24)47-22-48-35)34(36(44)45)29(40)13-14-39-21-37(4,5)18-32(39)42/h11-12,15-17,25,27,29,34H,7-10,13-14,18-22H2,1-6H3,(H,44,45). The number of carboxylic acid groups (broad SMARTS) is 1. The van der Waals surface area contributed by atoms with Gasteiger partial charge in [-0.05, 0) is 73.1 Å². The zero-order valence-electron chi connectivity index (χ0n) is 29.1. The maximum absolute atomic E-state index is 14.5. The number of aliphatic carboxylic acids is 1. The van der Waals surface area contributed by atoms with Crippen LogP contribution in [-0.4, -0.2) is 84.9 Å². The molecule has 2 aromatic carbocycles. The summed E-state index contributed by atoms with van der Waals surface area (Å²) in [6.07, 6.45) is 4.15. The predicted molar refractivity (Wildman–Crippen MR) is 180 cm³/mol. The molecule has 2 amide bonds. The molecule has 0 spiro atoms. The number of amides is 2. The molecular formula is C37H50FN3O7. The molecule has 3 unspecified atom stereocenters. The Kier molecular flexibility index (Phi) is 10.9. The van der Waals surface area contributed by atoms with E-state index in [-0.39, 0.29) is 42.4 Å². The molecule has 1 N–H and O–H groups in total. The summed E-state index contributed by atoms with van der Waals surface area (Å²) in [5.74, 6) is -1.33. The fourth-order valence-corrected chi connectivity index (χ4v) is 7.88. The van der Waals surface area contributed by atoms with Crippen LogP contribution in [0.4, 0.5) is 10.1 Å². The SMILES string of the molecule is CCCC(CCC)N(C(=O)CN1CC(c2cc(OC)c3c(c2)OCO3)C(C(=O)O)C1CCN1CC(C)(C)CC1=O)c1ccc(F)c(C)c1. The Morgan fingerprint density at radius 1 is 1.15 bits per heavy atom. The number of halogens is 1. The van der Waals surface area contributed by atoms with Crippen LogP contribution in [0.5, 0.6) is 17.2 Å². The number of benzene rings is 2. The van der Waals surface area contributed by atoms with Crippen LogP contribution >= 0.6 is 0 Å². The van der Waals surface area contributed by atoms with E-state index in [2.05, 4.69) is 27.7 Å². The van der Waals surface area contributed by atoms with Crippen molar-refractivity contribution < 1.29 is 38.1 Å². The molecule has 2 saturated heterocycles. The molecule has 0 aliphatic carbocycles. The minimum Gasteiger partial charge on any atom is -0.493 e. The van der Waals surface area contributed by atoms with Gasteiger partial charge in [-0.15, -0.1) is 0 Å². The molecule has 10 nitrogen and oxygen atoms in total. The summed E-state index contributed by atoms with van der Waals surface area (Å²) in [6, 6.07) is 7.76. The van der Waals surface area contributed by atoms with E-state index in [4.69, 9.17) is 14.2 Å². The molecule has 3 atom stereocenters. The third-order valence-corrected chi connectivity index (χ3v) is 10.1. The fraction of sp³-hybridized carbons (Fsp3) is 0.595. The quantitative estimate of drug-likeness (QED) is 0.262. The second kappa shape index (κ2) is 14.7. The smallest absolute Gasteiger partial charge is 0.308 e. The molecule has 3 aliphatic rings. The van der Waals surface area contributed by atoms with Gasteiger partial charge in [0, 0.05) is 49.7 Å². The fourth-order valence-electron chi connectivity index (χ4n) is 7.88. The van der Waals surface area contributed by atoms with E-state index >= 15 is 0 Å². The number of hydrogen-bond donors (Lipinski definition) is 1. The van der Waals surface area contributed by atoms with Crippen LogP contribution in [0, 0.1) is 24.1 Å². The van der Waals surface area contributed by atoms with Crippen molar-refractivity contribution in [3.05, 3.63) is 47.3 Å². The van der Waals surface area contributed by atoms with E-state index in [0.29, 0.717) is 61.0 Å². The van der Waals surface area contributed by atoms with E-state index in [0.717, 1.165) is 31.2 Å². The maximum Gasteiger partial charge on any atom is 0.308 e. The lowest BCUT2D eigenvalue weighted by Gasteiger charge is -2.35. The van der Waals surface area contributed by atoms with Gasteiger partial charge >= 0.3 is 5.97 Å². The van der Waals surface area contributed by atoms with Gasteiger partial charge in [-0.2, -0.15) is 0 Å². The summed E-state index contributed by atoms with van der Waals surface area (Å²) in [5, 5.41) is 10.8. The highest BCUT2D eigenvalue weighted by Crippen LogP contribution is 2.47. The molecule has 2 aromatic rings. The molecule has 0 saturated carbocycles. The Morgan fingerprint density at radius 2 is 1.88 bits per heavy atom. The number of hydrogen-bond acceptors (Lipinski definition) is 7. The number of carbonyl (C=O) groups is 3. The molecular weight excluding hydrogens is 617 g/mol. The van der Waals surface area contributed by atoms with E-state index < -0.39 is 23.8 Å². The largest absolute Gasteiger partial charge is 0.493 e. The van der Waals surface area contributed by atoms with Gasteiger partial charge in [-0.1, -0.05) is 40.5 Å². The molecule has 11 heteroatoms. The number of methoxy groups -OCH3 is 1. The molecule has 48 heavy (non-hydrogen) atoms. The normalized spacial score (nSPS) is 21.7. The van der Waals surface area contributed by atoms with Crippen LogP contribution < -0.4 is 19.1 Å². The molecule has 2 fully saturated rings. The van der Waals surface area contributed by atoms with Gasteiger partial charge in [-0.25, -0.2) is 4.39 Å². The molecule has 5 rings (SSSR count). The summed E-state index contributed by atoms with van der Waals surface area (Å²) in [6.45, 7) is 11.3. The lowest BCUT2D eigenvalue weighted by molar-refractivity contribution is -0.143. The summed E-state index contributed by atoms with van der Waals surface area (Å²) < 4.78 is 31.2. The lowest BCUT2D eigenvalue weighted by Crippen LogP contribution is -2.48. The number of carboxylic acids is 1. The van der Waals surface area contributed by atoms with Crippen molar-refractivity contribution in [2.24, 2.45) is 11.3 Å². The van der Waals surface area contributed by atoms with E-state index in [1.165, 1.54) is 13.2 Å². The maximum atomic E-state index is 14.5. The third kappa shape index (κ3) is 7.41. The van der Waals surface area contributed by atoms with Crippen LogP contribution in [0.1, 0.15) is 83.3 Å². The molecule has 0 bridgehead atoms. The Hall–Kier alpha value is -3.86. The molecule has 0 aromatic heterocycles. The number of rotatable bonds is 14. The van der Waals surface area contributed by atoms with Crippen molar-refractivity contribution in [2.75, 3.05) is 45.0 Å². The number of ether oxygens (including phenoxy) is 3. The van der Waals surface area contributed by atoms with Crippen LogP contribution in [0.15, 0.2) is 30.3 Å². The Bertz CT molecular complexity index is 1510. The number of likely N-dealkylation sites (tertiary alicyclic amines) is 2. The highest BCUT2D eigenvalue weighted by atomic mass is 19.1. The number of nitrogens with zero attached hydrogens (tertiary/aromatic N) is 3. The summed E-state index contributed by atoms with van der Waals surface area (Å²) in [7, 11) is 1.53.